The third-order valence-electron chi connectivity index (χ3n) is 13.7. The van der Waals surface area contributed by atoms with Crippen LogP contribution in [0.2, 0.25) is 0 Å². The lowest BCUT2D eigenvalue weighted by molar-refractivity contribution is -0.161. The standard InChI is InChI=1S/C59H116NO8P/c1-3-5-7-9-11-13-15-17-18-19-20-21-22-23-24-25-26-27-28-29-30-31-32-33-34-35-36-37-38-39-40-42-43-45-47-49-51-58(61)65-55-57(56-67-69(63,64)66-54-53-60)68-59(62)52-50-48-46-44-41-16-14-12-10-8-6-4-2/h12,14,57H,3-11,13,15-56,60H2,1-2H3,(H,63,64)/b14-12-. The molecule has 410 valence electrons. The van der Waals surface area contributed by atoms with Crippen LogP contribution in [0.15, 0.2) is 12.2 Å². The summed E-state index contributed by atoms with van der Waals surface area (Å²) >= 11 is 0. The summed E-state index contributed by atoms with van der Waals surface area (Å²) in [5, 5.41) is 0. The van der Waals surface area contributed by atoms with Gasteiger partial charge >= 0.3 is 19.8 Å². The quantitative estimate of drug-likeness (QED) is 0.0264. The van der Waals surface area contributed by atoms with Crippen molar-refractivity contribution in [2.24, 2.45) is 5.73 Å². The second kappa shape index (κ2) is 56.1. The summed E-state index contributed by atoms with van der Waals surface area (Å²) in [4.78, 5) is 35.0. The van der Waals surface area contributed by atoms with Gasteiger partial charge in [-0.2, -0.15) is 0 Å². The Morgan fingerprint density at radius 1 is 0.420 bits per heavy atom. The molecule has 0 aromatic heterocycles. The van der Waals surface area contributed by atoms with Crippen molar-refractivity contribution in [3.8, 4) is 0 Å². The van der Waals surface area contributed by atoms with E-state index in [0.29, 0.717) is 6.42 Å². The van der Waals surface area contributed by atoms with Gasteiger partial charge in [-0.25, -0.2) is 4.57 Å². The van der Waals surface area contributed by atoms with E-state index in [2.05, 4.69) is 26.0 Å². The lowest BCUT2D eigenvalue weighted by atomic mass is 10.0. The molecule has 0 amide bonds. The molecule has 2 unspecified atom stereocenters. The number of carbonyl (C=O) groups is 2. The lowest BCUT2D eigenvalue weighted by Gasteiger charge is -2.19. The van der Waals surface area contributed by atoms with Gasteiger partial charge in [-0.15, -0.1) is 0 Å². The minimum atomic E-state index is -4.38. The van der Waals surface area contributed by atoms with Crippen molar-refractivity contribution in [1.29, 1.82) is 0 Å². The van der Waals surface area contributed by atoms with Gasteiger partial charge in [0, 0.05) is 19.4 Å². The van der Waals surface area contributed by atoms with E-state index in [4.69, 9.17) is 24.3 Å². The predicted octanol–water partition coefficient (Wildman–Crippen LogP) is 18.9. The number of hydrogen-bond acceptors (Lipinski definition) is 8. The SMILES string of the molecule is CCCCC/C=C\CCCCCCCC(=O)OC(COC(=O)CCCCCCCCCCCCCCCCCCCCCCCCCCCCCCCCCCCCCC)COP(=O)(O)OCCN. The molecule has 3 N–H and O–H groups in total. The molecule has 0 aromatic rings. The van der Waals surface area contributed by atoms with Crippen LogP contribution >= 0.6 is 7.82 Å². The molecular weight excluding hydrogens is 882 g/mol. The second-order valence-corrected chi connectivity index (χ2v) is 22.0. The van der Waals surface area contributed by atoms with Crippen LogP contribution in [0, 0.1) is 0 Å². The Labute approximate surface area is 428 Å². The van der Waals surface area contributed by atoms with Crippen LogP contribution in [0.25, 0.3) is 0 Å². The van der Waals surface area contributed by atoms with Gasteiger partial charge in [-0.3, -0.25) is 18.6 Å². The molecule has 0 aliphatic rings. The van der Waals surface area contributed by atoms with Crippen molar-refractivity contribution in [2.45, 2.75) is 328 Å². The number of esters is 2. The molecular formula is C59H116NO8P. The topological polar surface area (TPSA) is 134 Å². The average Bonchev–Trinajstić information content (AvgIpc) is 3.34. The average molecular weight is 999 g/mol. The van der Waals surface area contributed by atoms with Crippen molar-refractivity contribution in [3.63, 3.8) is 0 Å². The molecule has 0 saturated carbocycles. The number of phosphoric acid groups is 1. The summed E-state index contributed by atoms with van der Waals surface area (Å²) in [7, 11) is -4.38. The van der Waals surface area contributed by atoms with E-state index in [9.17, 15) is 19.0 Å². The van der Waals surface area contributed by atoms with Gasteiger partial charge in [-0.05, 0) is 38.5 Å². The Morgan fingerprint density at radius 2 is 0.710 bits per heavy atom. The van der Waals surface area contributed by atoms with Crippen LogP contribution < -0.4 is 5.73 Å². The molecule has 0 saturated heterocycles. The zero-order valence-corrected chi connectivity index (χ0v) is 46.7. The van der Waals surface area contributed by atoms with Crippen LogP contribution in [-0.4, -0.2) is 49.3 Å². The second-order valence-electron chi connectivity index (χ2n) is 20.6. The van der Waals surface area contributed by atoms with Gasteiger partial charge in [-0.1, -0.05) is 283 Å². The van der Waals surface area contributed by atoms with Crippen LogP contribution in [0.1, 0.15) is 322 Å². The molecule has 0 aliphatic carbocycles. The smallest absolute Gasteiger partial charge is 0.462 e. The van der Waals surface area contributed by atoms with Crippen LogP contribution in [-0.2, 0) is 32.7 Å². The van der Waals surface area contributed by atoms with Gasteiger partial charge in [0.05, 0.1) is 13.2 Å². The Bertz CT molecular complexity index is 1140. The molecule has 0 bridgehead atoms. The number of unbranched alkanes of at least 4 members (excludes halogenated alkanes) is 43. The molecule has 0 radical (unpaired) electrons. The molecule has 0 aliphatic heterocycles. The monoisotopic (exact) mass is 998 g/mol. The highest BCUT2D eigenvalue weighted by molar-refractivity contribution is 7.47. The van der Waals surface area contributed by atoms with Crippen molar-refractivity contribution < 1.29 is 37.6 Å². The molecule has 0 heterocycles. The minimum Gasteiger partial charge on any atom is -0.462 e. The first kappa shape index (κ1) is 67.8. The van der Waals surface area contributed by atoms with Crippen molar-refractivity contribution >= 4 is 19.8 Å². The number of carbonyl (C=O) groups excluding carboxylic acids is 2. The summed E-state index contributed by atoms with van der Waals surface area (Å²) < 4.78 is 32.9. The summed E-state index contributed by atoms with van der Waals surface area (Å²) in [5.41, 5.74) is 5.37. The Hall–Kier alpha value is -1.25. The fourth-order valence-corrected chi connectivity index (χ4v) is 9.93. The summed E-state index contributed by atoms with van der Waals surface area (Å²) in [6.45, 7) is 3.75. The molecule has 2 atom stereocenters. The highest BCUT2D eigenvalue weighted by Crippen LogP contribution is 2.43. The first-order valence-corrected chi connectivity index (χ1v) is 31.7. The van der Waals surface area contributed by atoms with Gasteiger partial charge < -0.3 is 20.1 Å². The Morgan fingerprint density at radius 3 is 1.06 bits per heavy atom. The Balaban J connectivity index is 3.70. The van der Waals surface area contributed by atoms with E-state index in [1.54, 1.807) is 0 Å². The van der Waals surface area contributed by atoms with E-state index in [-0.39, 0.29) is 38.6 Å². The largest absolute Gasteiger partial charge is 0.472 e. The van der Waals surface area contributed by atoms with Crippen LogP contribution in [0.3, 0.4) is 0 Å². The number of phosphoric ester groups is 1. The third kappa shape index (κ3) is 55.9. The summed E-state index contributed by atoms with van der Waals surface area (Å²) in [6.07, 6.45) is 64.6. The van der Waals surface area contributed by atoms with E-state index in [1.165, 1.54) is 231 Å². The maximum Gasteiger partial charge on any atom is 0.472 e. The maximum absolute atomic E-state index is 12.6. The highest BCUT2D eigenvalue weighted by Gasteiger charge is 2.26. The Kier molecular flexibility index (Phi) is 55.0. The fourth-order valence-electron chi connectivity index (χ4n) is 9.16. The zero-order chi connectivity index (χ0) is 50.2. The van der Waals surface area contributed by atoms with Crippen LogP contribution in [0.4, 0.5) is 0 Å². The van der Waals surface area contributed by atoms with Crippen molar-refractivity contribution in [1.82, 2.24) is 0 Å². The number of ether oxygens (including phenoxy) is 2. The highest BCUT2D eigenvalue weighted by atomic mass is 31.2. The van der Waals surface area contributed by atoms with Gasteiger partial charge in [0.15, 0.2) is 6.10 Å². The van der Waals surface area contributed by atoms with E-state index in [1.807, 2.05) is 0 Å². The van der Waals surface area contributed by atoms with Gasteiger partial charge in [0.1, 0.15) is 6.61 Å². The summed E-state index contributed by atoms with van der Waals surface area (Å²) in [5.74, 6) is -0.823. The zero-order valence-electron chi connectivity index (χ0n) is 45.8. The third-order valence-corrected chi connectivity index (χ3v) is 14.6. The molecule has 69 heavy (non-hydrogen) atoms. The lowest BCUT2D eigenvalue weighted by Crippen LogP contribution is -2.29. The number of hydrogen-bond donors (Lipinski definition) is 2. The molecule has 10 heteroatoms. The van der Waals surface area contributed by atoms with Crippen LogP contribution in [0.5, 0.6) is 0 Å². The van der Waals surface area contributed by atoms with Crippen molar-refractivity contribution in [3.05, 3.63) is 12.2 Å². The first-order valence-electron chi connectivity index (χ1n) is 30.2. The van der Waals surface area contributed by atoms with Crippen molar-refractivity contribution in [2.75, 3.05) is 26.4 Å². The maximum atomic E-state index is 12.6. The molecule has 0 fully saturated rings. The minimum absolute atomic E-state index is 0.0550. The number of nitrogens with two attached hydrogens (primary N) is 1. The number of rotatable bonds is 58. The van der Waals surface area contributed by atoms with Gasteiger partial charge in [0.25, 0.3) is 0 Å². The molecule has 0 aromatic carbocycles. The summed E-state index contributed by atoms with van der Waals surface area (Å²) in [6, 6.07) is 0. The first-order chi connectivity index (χ1) is 33.8. The predicted molar refractivity (Wildman–Crippen MR) is 294 cm³/mol. The van der Waals surface area contributed by atoms with Gasteiger partial charge in [0.2, 0.25) is 0 Å². The van der Waals surface area contributed by atoms with E-state index in [0.717, 1.165) is 57.8 Å². The normalized spacial score (nSPS) is 13.0. The fraction of sp³-hybridized carbons (Fsp3) is 0.932. The van der Waals surface area contributed by atoms with E-state index >= 15 is 0 Å². The molecule has 0 spiro atoms. The number of allylic oxidation sites excluding steroid dienone is 2. The van der Waals surface area contributed by atoms with E-state index < -0.39 is 26.5 Å². The molecule has 0 rings (SSSR count). The molecule has 9 nitrogen and oxygen atoms in total.